The molecule has 0 unspecified atom stereocenters. The Bertz CT molecular complexity index is 355. The van der Waals surface area contributed by atoms with Gasteiger partial charge < -0.3 is 0 Å². The Balaban J connectivity index is 2.96. The zero-order chi connectivity index (χ0) is 9.84. The van der Waals surface area contributed by atoms with Gasteiger partial charge >= 0.3 is 0 Å². The Kier molecular flexibility index (Phi) is 3.27. The third-order valence-corrected chi connectivity index (χ3v) is 2.17. The molecule has 0 saturated heterocycles. The SMILES string of the molecule is Cc1cc(Cl)c(F)cc1CCC#N. The van der Waals surface area contributed by atoms with Crippen LogP contribution < -0.4 is 0 Å². The lowest BCUT2D eigenvalue weighted by Crippen LogP contribution is -1.91. The molecule has 0 heterocycles. The van der Waals surface area contributed by atoms with Gasteiger partial charge in [-0.05, 0) is 36.6 Å². The molecule has 1 nitrogen and oxygen atoms in total. The average Bonchev–Trinajstić information content (AvgIpc) is 2.09. The highest BCUT2D eigenvalue weighted by Crippen LogP contribution is 2.20. The van der Waals surface area contributed by atoms with Crippen LogP contribution in [0.2, 0.25) is 5.02 Å². The van der Waals surface area contributed by atoms with Crippen LogP contribution in [-0.4, -0.2) is 0 Å². The molecule has 0 radical (unpaired) electrons. The van der Waals surface area contributed by atoms with Gasteiger partial charge in [0.1, 0.15) is 5.82 Å². The summed E-state index contributed by atoms with van der Waals surface area (Å²) in [5, 5.41) is 8.51. The fraction of sp³-hybridized carbons (Fsp3) is 0.300. The van der Waals surface area contributed by atoms with Gasteiger partial charge in [0.05, 0.1) is 11.1 Å². The fourth-order valence-electron chi connectivity index (χ4n) is 1.15. The molecule has 1 aromatic rings. The van der Waals surface area contributed by atoms with Crippen LogP contribution in [0.25, 0.3) is 0 Å². The van der Waals surface area contributed by atoms with Crippen molar-refractivity contribution in [2.75, 3.05) is 0 Å². The number of hydrogen-bond acceptors (Lipinski definition) is 1. The van der Waals surface area contributed by atoms with Crippen LogP contribution >= 0.6 is 11.6 Å². The highest BCUT2D eigenvalue weighted by Gasteiger charge is 2.04. The van der Waals surface area contributed by atoms with Gasteiger partial charge in [0, 0.05) is 6.42 Å². The van der Waals surface area contributed by atoms with Crippen LogP contribution in [0.4, 0.5) is 4.39 Å². The minimum Gasteiger partial charge on any atom is -0.205 e. The summed E-state index contributed by atoms with van der Waals surface area (Å²) in [7, 11) is 0. The fourth-order valence-corrected chi connectivity index (χ4v) is 1.37. The van der Waals surface area contributed by atoms with E-state index in [0.717, 1.165) is 11.1 Å². The molecular weight excluding hydrogens is 189 g/mol. The second-order valence-corrected chi connectivity index (χ2v) is 3.26. The van der Waals surface area contributed by atoms with Crippen molar-refractivity contribution in [2.24, 2.45) is 0 Å². The van der Waals surface area contributed by atoms with Gasteiger partial charge in [-0.25, -0.2) is 4.39 Å². The van der Waals surface area contributed by atoms with E-state index in [4.69, 9.17) is 16.9 Å². The molecule has 68 valence electrons. The summed E-state index contributed by atoms with van der Waals surface area (Å²) in [5.41, 5.74) is 1.78. The summed E-state index contributed by atoms with van der Waals surface area (Å²) in [6, 6.07) is 5.01. The zero-order valence-electron chi connectivity index (χ0n) is 7.27. The van der Waals surface area contributed by atoms with E-state index in [0.29, 0.717) is 12.8 Å². The van der Waals surface area contributed by atoms with E-state index in [1.54, 1.807) is 6.07 Å². The van der Waals surface area contributed by atoms with Gasteiger partial charge in [-0.3, -0.25) is 0 Å². The van der Waals surface area contributed by atoms with Crippen LogP contribution in [0.5, 0.6) is 0 Å². The molecule has 0 aliphatic heterocycles. The highest BCUT2D eigenvalue weighted by molar-refractivity contribution is 6.30. The van der Waals surface area contributed by atoms with Crippen LogP contribution in [-0.2, 0) is 6.42 Å². The van der Waals surface area contributed by atoms with Crippen molar-refractivity contribution in [3.05, 3.63) is 34.1 Å². The molecule has 0 amide bonds. The van der Waals surface area contributed by atoms with E-state index in [1.807, 2.05) is 13.0 Å². The average molecular weight is 198 g/mol. The summed E-state index contributed by atoms with van der Waals surface area (Å²) in [6.45, 7) is 1.86. The Hall–Kier alpha value is -1.07. The largest absolute Gasteiger partial charge is 0.205 e. The van der Waals surface area contributed by atoms with Gasteiger partial charge in [-0.1, -0.05) is 11.6 Å². The molecule has 1 rings (SSSR count). The Morgan fingerprint density at radius 1 is 1.54 bits per heavy atom. The number of aryl methyl sites for hydroxylation is 2. The van der Waals surface area contributed by atoms with Crippen molar-refractivity contribution in [2.45, 2.75) is 19.8 Å². The van der Waals surface area contributed by atoms with E-state index >= 15 is 0 Å². The van der Waals surface area contributed by atoms with E-state index in [2.05, 4.69) is 0 Å². The second kappa shape index (κ2) is 4.25. The van der Waals surface area contributed by atoms with Gasteiger partial charge in [0.15, 0.2) is 0 Å². The number of halogens is 2. The first kappa shape index (κ1) is 10.0. The first-order valence-corrected chi connectivity index (χ1v) is 4.34. The predicted molar refractivity (Wildman–Crippen MR) is 50.1 cm³/mol. The smallest absolute Gasteiger partial charge is 0.142 e. The van der Waals surface area contributed by atoms with Gasteiger partial charge in [-0.2, -0.15) is 5.26 Å². The first-order chi connectivity index (χ1) is 6.15. The minimum atomic E-state index is -0.416. The number of nitrogens with zero attached hydrogens (tertiary/aromatic N) is 1. The summed E-state index contributed by atoms with van der Waals surface area (Å²) in [4.78, 5) is 0. The lowest BCUT2D eigenvalue weighted by Gasteiger charge is -2.04. The van der Waals surface area contributed by atoms with E-state index in [9.17, 15) is 4.39 Å². The Morgan fingerprint density at radius 2 is 2.23 bits per heavy atom. The molecule has 0 aliphatic rings. The molecule has 0 aromatic heterocycles. The summed E-state index contributed by atoms with van der Waals surface area (Å²) in [6.07, 6.45) is 0.984. The van der Waals surface area contributed by atoms with Crippen molar-refractivity contribution in [1.29, 1.82) is 5.26 Å². The standard InChI is InChI=1S/C10H9ClFN/c1-7-5-9(11)10(12)6-8(7)3-2-4-13/h5-6H,2-3H2,1H3. The molecule has 0 bridgehead atoms. The van der Waals surface area contributed by atoms with Gasteiger partial charge in [0.2, 0.25) is 0 Å². The normalized spacial score (nSPS) is 9.69. The maximum absolute atomic E-state index is 13.0. The monoisotopic (exact) mass is 197 g/mol. The molecule has 0 fully saturated rings. The number of nitriles is 1. The molecule has 0 saturated carbocycles. The molecule has 0 atom stereocenters. The van der Waals surface area contributed by atoms with Crippen LogP contribution in [0, 0.1) is 24.1 Å². The van der Waals surface area contributed by atoms with Crippen LogP contribution in [0.1, 0.15) is 17.5 Å². The van der Waals surface area contributed by atoms with Crippen molar-refractivity contribution in [1.82, 2.24) is 0 Å². The third-order valence-electron chi connectivity index (χ3n) is 1.88. The van der Waals surface area contributed by atoms with Gasteiger partial charge in [0.25, 0.3) is 0 Å². The second-order valence-electron chi connectivity index (χ2n) is 2.85. The maximum atomic E-state index is 13.0. The van der Waals surface area contributed by atoms with Crippen LogP contribution in [0.15, 0.2) is 12.1 Å². The molecule has 13 heavy (non-hydrogen) atoms. The molecule has 0 aliphatic carbocycles. The minimum absolute atomic E-state index is 0.137. The number of hydrogen-bond donors (Lipinski definition) is 0. The van der Waals surface area contributed by atoms with E-state index in [1.165, 1.54) is 6.07 Å². The molecule has 0 spiro atoms. The summed E-state index contributed by atoms with van der Waals surface area (Å²) >= 11 is 5.58. The van der Waals surface area contributed by atoms with Crippen molar-refractivity contribution >= 4 is 11.6 Å². The molecular formula is C10H9ClFN. The Morgan fingerprint density at radius 3 is 2.85 bits per heavy atom. The maximum Gasteiger partial charge on any atom is 0.142 e. The molecule has 0 N–H and O–H groups in total. The summed E-state index contributed by atoms with van der Waals surface area (Å²) < 4.78 is 13.0. The zero-order valence-corrected chi connectivity index (χ0v) is 8.03. The van der Waals surface area contributed by atoms with Crippen LogP contribution in [0.3, 0.4) is 0 Å². The molecule has 3 heteroatoms. The number of rotatable bonds is 2. The molecule has 1 aromatic carbocycles. The number of benzene rings is 1. The van der Waals surface area contributed by atoms with E-state index in [-0.39, 0.29) is 5.02 Å². The predicted octanol–water partition coefficient (Wildman–Crippen LogP) is 3.24. The third kappa shape index (κ3) is 2.43. The van der Waals surface area contributed by atoms with Crippen molar-refractivity contribution in [3.8, 4) is 6.07 Å². The topological polar surface area (TPSA) is 23.8 Å². The van der Waals surface area contributed by atoms with Crippen molar-refractivity contribution < 1.29 is 4.39 Å². The highest BCUT2D eigenvalue weighted by atomic mass is 35.5. The van der Waals surface area contributed by atoms with Gasteiger partial charge in [-0.15, -0.1) is 0 Å². The first-order valence-electron chi connectivity index (χ1n) is 3.96. The lowest BCUT2D eigenvalue weighted by atomic mass is 10.0. The quantitative estimate of drug-likeness (QED) is 0.714. The summed E-state index contributed by atoms with van der Waals surface area (Å²) in [5.74, 6) is -0.416. The van der Waals surface area contributed by atoms with Crippen molar-refractivity contribution in [3.63, 3.8) is 0 Å². The Labute approximate surface area is 81.8 Å². The lowest BCUT2D eigenvalue weighted by molar-refractivity contribution is 0.625. The van der Waals surface area contributed by atoms with E-state index < -0.39 is 5.82 Å².